The highest BCUT2D eigenvalue weighted by Crippen LogP contribution is 2.37. The standard InChI is InChI=1S/C23H26F3N3O2/c24-23(25,26)19-7-8-20(27-17-19)28-11-4-12-29(14-13-28)21(30)22(9-15-31-16-10-22)18-5-2-1-3-6-18/h1-3,5-8,17H,4,9-16H2. The molecule has 1 amide bonds. The van der Waals surface area contributed by atoms with Crippen LogP contribution in [0.25, 0.3) is 0 Å². The quantitative estimate of drug-likeness (QED) is 0.737. The van der Waals surface area contributed by atoms with Crippen LogP contribution in [0.2, 0.25) is 0 Å². The van der Waals surface area contributed by atoms with Gasteiger partial charge in [-0.3, -0.25) is 4.79 Å². The molecule has 0 bridgehead atoms. The summed E-state index contributed by atoms with van der Waals surface area (Å²) in [7, 11) is 0. The second kappa shape index (κ2) is 8.86. The van der Waals surface area contributed by atoms with Gasteiger partial charge < -0.3 is 14.5 Å². The van der Waals surface area contributed by atoms with Gasteiger partial charge in [0.2, 0.25) is 5.91 Å². The van der Waals surface area contributed by atoms with Crippen molar-refractivity contribution in [3.8, 4) is 0 Å². The van der Waals surface area contributed by atoms with Crippen molar-refractivity contribution in [2.45, 2.75) is 30.9 Å². The van der Waals surface area contributed by atoms with Gasteiger partial charge in [-0.05, 0) is 37.0 Å². The summed E-state index contributed by atoms with van der Waals surface area (Å²) in [6, 6.07) is 12.4. The van der Waals surface area contributed by atoms with Gasteiger partial charge in [0.05, 0.1) is 11.0 Å². The van der Waals surface area contributed by atoms with Gasteiger partial charge in [-0.15, -0.1) is 0 Å². The van der Waals surface area contributed by atoms with Gasteiger partial charge >= 0.3 is 6.18 Å². The molecule has 0 radical (unpaired) electrons. The van der Waals surface area contributed by atoms with Crippen LogP contribution >= 0.6 is 0 Å². The molecule has 0 N–H and O–H groups in total. The summed E-state index contributed by atoms with van der Waals surface area (Å²) in [5.74, 6) is 0.621. The summed E-state index contributed by atoms with van der Waals surface area (Å²) in [5, 5.41) is 0. The van der Waals surface area contributed by atoms with Crippen LogP contribution in [0.15, 0.2) is 48.7 Å². The summed E-state index contributed by atoms with van der Waals surface area (Å²) >= 11 is 0. The van der Waals surface area contributed by atoms with Crippen molar-refractivity contribution >= 4 is 11.7 Å². The minimum absolute atomic E-state index is 0.115. The maximum absolute atomic E-state index is 13.7. The van der Waals surface area contributed by atoms with Crippen LogP contribution in [-0.4, -0.2) is 55.2 Å². The molecule has 2 aromatic rings. The molecule has 2 fully saturated rings. The van der Waals surface area contributed by atoms with E-state index in [0.717, 1.165) is 24.2 Å². The largest absolute Gasteiger partial charge is 0.417 e. The first-order chi connectivity index (χ1) is 14.9. The van der Waals surface area contributed by atoms with Crippen LogP contribution in [0.5, 0.6) is 0 Å². The maximum atomic E-state index is 13.7. The molecular formula is C23H26F3N3O2. The lowest BCUT2D eigenvalue weighted by Gasteiger charge is -2.40. The Morgan fingerprint density at radius 3 is 2.35 bits per heavy atom. The monoisotopic (exact) mass is 433 g/mol. The minimum atomic E-state index is -4.40. The number of benzene rings is 1. The molecule has 2 aliphatic rings. The van der Waals surface area contributed by atoms with Crippen molar-refractivity contribution in [1.29, 1.82) is 0 Å². The van der Waals surface area contributed by atoms with E-state index in [1.807, 2.05) is 40.1 Å². The second-order valence-corrected chi connectivity index (χ2v) is 8.10. The Balaban J connectivity index is 1.49. The zero-order chi connectivity index (χ0) is 21.9. The van der Waals surface area contributed by atoms with Crippen LogP contribution in [0, 0.1) is 0 Å². The molecule has 2 saturated heterocycles. The lowest BCUT2D eigenvalue weighted by atomic mass is 9.73. The number of carbonyl (C=O) groups is 1. The highest BCUT2D eigenvalue weighted by molar-refractivity contribution is 5.88. The molecule has 5 nitrogen and oxygen atoms in total. The maximum Gasteiger partial charge on any atom is 0.417 e. The van der Waals surface area contributed by atoms with Crippen LogP contribution in [0.3, 0.4) is 0 Å². The number of halogens is 3. The summed E-state index contributed by atoms with van der Waals surface area (Å²) in [5.41, 5.74) is -0.317. The number of hydrogen-bond donors (Lipinski definition) is 0. The molecule has 0 unspecified atom stereocenters. The average molecular weight is 433 g/mol. The Labute approximate surface area is 179 Å². The molecular weight excluding hydrogens is 407 g/mol. The number of carbonyl (C=O) groups excluding carboxylic acids is 1. The van der Waals surface area contributed by atoms with Crippen molar-refractivity contribution in [3.05, 3.63) is 59.8 Å². The number of nitrogens with zero attached hydrogens (tertiary/aromatic N) is 3. The Hall–Kier alpha value is -2.61. The lowest BCUT2D eigenvalue weighted by molar-refractivity contribution is -0.141. The van der Waals surface area contributed by atoms with Crippen molar-refractivity contribution < 1.29 is 22.7 Å². The predicted octanol–water partition coefficient (Wildman–Crippen LogP) is 3.89. The van der Waals surface area contributed by atoms with Gasteiger partial charge in [0.25, 0.3) is 0 Å². The van der Waals surface area contributed by atoms with Crippen molar-refractivity contribution in [3.63, 3.8) is 0 Å². The SMILES string of the molecule is O=C(N1CCCN(c2ccc(C(F)(F)F)cn2)CC1)C1(c2ccccc2)CCOCC1. The van der Waals surface area contributed by atoms with Gasteiger partial charge in [-0.25, -0.2) is 4.98 Å². The van der Waals surface area contributed by atoms with Crippen LogP contribution in [0.4, 0.5) is 19.0 Å². The Bertz CT molecular complexity index is 881. The fourth-order valence-corrected chi connectivity index (χ4v) is 4.50. The molecule has 2 aliphatic heterocycles. The number of hydrogen-bond acceptors (Lipinski definition) is 4. The Morgan fingerprint density at radius 2 is 1.71 bits per heavy atom. The number of alkyl halides is 3. The average Bonchev–Trinajstić information content (AvgIpc) is 3.05. The first-order valence-electron chi connectivity index (χ1n) is 10.6. The normalized spacial score (nSPS) is 19.7. The molecule has 166 valence electrons. The van der Waals surface area contributed by atoms with E-state index >= 15 is 0 Å². The van der Waals surface area contributed by atoms with Gasteiger partial charge in [0.15, 0.2) is 0 Å². The van der Waals surface area contributed by atoms with Crippen molar-refractivity contribution in [1.82, 2.24) is 9.88 Å². The van der Waals surface area contributed by atoms with E-state index in [0.29, 0.717) is 58.1 Å². The fourth-order valence-electron chi connectivity index (χ4n) is 4.50. The van der Waals surface area contributed by atoms with Crippen molar-refractivity contribution in [2.24, 2.45) is 0 Å². The number of ether oxygens (including phenoxy) is 1. The number of anilines is 1. The molecule has 1 aromatic heterocycles. The molecule has 0 aliphatic carbocycles. The second-order valence-electron chi connectivity index (χ2n) is 8.10. The van der Waals surface area contributed by atoms with E-state index in [-0.39, 0.29) is 5.91 Å². The topological polar surface area (TPSA) is 45.7 Å². The van der Waals surface area contributed by atoms with Crippen LogP contribution < -0.4 is 4.90 Å². The number of rotatable bonds is 3. The first kappa shape index (κ1) is 21.6. The van der Waals surface area contributed by atoms with Gasteiger partial charge in [-0.2, -0.15) is 13.2 Å². The van der Waals surface area contributed by atoms with Crippen LogP contribution in [-0.2, 0) is 21.1 Å². The van der Waals surface area contributed by atoms with Crippen molar-refractivity contribution in [2.75, 3.05) is 44.3 Å². The lowest BCUT2D eigenvalue weighted by Crippen LogP contribution is -2.50. The van der Waals surface area contributed by atoms with Gasteiger partial charge in [-0.1, -0.05) is 30.3 Å². The van der Waals surface area contributed by atoms with Gasteiger partial charge in [0.1, 0.15) is 5.82 Å². The highest BCUT2D eigenvalue weighted by Gasteiger charge is 2.44. The third kappa shape index (κ3) is 4.54. The van der Waals surface area contributed by atoms with E-state index in [1.54, 1.807) is 0 Å². The molecule has 3 heterocycles. The summed E-state index contributed by atoms with van der Waals surface area (Å²) < 4.78 is 44.0. The number of aromatic nitrogens is 1. The molecule has 0 spiro atoms. The molecule has 0 atom stereocenters. The predicted molar refractivity (Wildman–Crippen MR) is 111 cm³/mol. The first-order valence-corrected chi connectivity index (χ1v) is 10.6. The minimum Gasteiger partial charge on any atom is -0.381 e. The molecule has 8 heteroatoms. The highest BCUT2D eigenvalue weighted by atomic mass is 19.4. The fraction of sp³-hybridized carbons (Fsp3) is 0.478. The molecule has 4 rings (SSSR count). The third-order valence-electron chi connectivity index (χ3n) is 6.26. The zero-order valence-corrected chi connectivity index (χ0v) is 17.3. The van der Waals surface area contributed by atoms with Crippen LogP contribution in [0.1, 0.15) is 30.4 Å². The number of pyridine rings is 1. The summed E-state index contributed by atoms with van der Waals surface area (Å²) in [6.45, 7) is 3.41. The third-order valence-corrected chi connectivity index (χ3v) is 6.26. The molecule has 1 aromatic carbocycles. The van der Waals surface area contributed by atoms with Gasteiger partial charge in [0, 0.05) is 45.6 Å². The Morgan fingerprint density at radius 1 is 0.968 bits per heavy atom. The molecule has 31 heavy (non-hydrogen) atoms. The van der Waals surface area contributed by atoms with E-state index in [1.165, 1.54) is 6.07 Å². The Kier molecular flexibility index (Phi) is 6.18. The van der Waals surface area contributed by atoms with E-state index < -0.39 is 17.2 Å². The zero-order valence-electron chi connectivity index (χ0n) is 17.3. The van der Waals surface area contributed by atoms with E-state index in [2.05, 4.69) is 4.98 Å². The summed E-state index contributed by atoms with van der Waals surface area (Å²) in [6.07, 6.45) is -1.50. The van der Waals surface area contributed by atoms with E-state index in [9.17, 15) is 18.0 Å². The molecule has 0 saturated carbocycles. The summed E-state index contributed by atoms with van der Waals surface area (Å²) in [4.78, 5) is 21.6. The smallest absolute Gasteiger partial charge is 0.381 e. The van der Waals surface area contributed by atoms with E-state index in [4.69, 9.17) is 4.74 Å². The number of amides is 1.